The fraction of sp³-hybridized carbons (Fsp3) is 0.419. The van der Waals surface area contributed by atoms with Gasteiger partial charge in [0.25, 0.3) is 5.91 Å². The summed E-state index contributed by atoms with van der Waals surface area (Å²) in [5, 5.41) is 0. The number of likely N-dealkylation sites (tertiary alicyclic amines) is 1. The van der Waals surface area contributed by atoms with Crippen LogP contribution in [0.2, 0.25) is 0 Å². The van der Waals surface area contributed by atoms with E-state index in [4.69, 9.17) is 28.1 Å². The molecule has 3 heterocycles. The molecule has 3 aromatic rings. The molecule has 0 radical (unpaired) electrons. The van der Waals surface area contributed by atoms with Gasteiger partial charge in [0.1, 0.15) is 5.76 Å². The van der Waals surface area contributed by atoms with Crippen molar-refractivity contribution in [3.63, 3.8) is 0 Å². The van der Waals surface area contributed by atoms with Crippen LogP contribution < -0.4 is 18.9 Å². The first-order chi connectivity index (χ1) is 20.0. The summed E-state index contributed by atoms with van der Waals surface area (Å²) in [6.07, 6.45) is 1.18. The first-order valence-electron chi connectivity index (χ1n) is 13.8. The molecule has 1 amide bonds. The summed E-state index contributed by atoms with van der Waals surface area (Å²) in [6.45, 7) is 5.05. The van der Waals surface area contributed by atoms with Crippen LogP contribution in [0.1, 0.15) is 47.2 Å². The highest BCUT2D eigenvalue weighted by Crippen LogP contribution is 2.34. The molecule has 0 spiro atoms. The Morgan fingerprint density at radius 2 is 1.59 bits per heavy atom. The quantitative estimate of drug-likeness (QED) is 0.308. The SMILES string of the molecule is CCOC(=O)C1CCN(C(=O)c2ccc(CN(Cc3ccc(OC)c(OC)c3)Cc3ccc4c(c3)OCO4)o2)CC1. The highest BCUT2D eigenvalue weighted by molar-refractivity contribution is 5.91. The number of nitrogens with zero attached hydrogens (tertiary/aromatic N) is 2. The van der Waals surface area contributed by atoms with E-state index in [2.05, 4.69) is 4.90 Å². The van der Waals surface area contributed by atoms with Gasteiger partial charge in [-0.3, -0.25) is 14.5 Å². The third kappa shape index (κ3) is 6.77. The summed E-state index contributed by atoms with van der Waals surface area (Å²) in [5.74, 6) is 3.25. The van der Waals surface area contributed by atoms with Crippen molar-refractivity contribution in [3.05, 3.63) is 71.2 Å². The number of carbonyl (C=O) groups excluding carboxylic acids is 2. The zero-order valence-electron chi connectivity index (χ0n) is 23.7. The number of fused-ring (bicyclic) bond motifs is 1. The normalized spacial score (nSPS) is 14.8. The Labute approximate surface area is 239 Å². The lowest BCUT2D eigenvalue weighted by atomic mass is 9.97. The van der Waals surface area contributed by atoms with Gasteiger partial charge in [-0.15, -0.1) is 0 Å². The van der Waals surface area contributed by atoms with E-state index in [1.54, 1.807) is 32.1 Å². The fourth-order valence-electron chi connectivity index (χ4n) is 5.23. The van der Waals surface area contributed by atoms with Gasteiger partial charge >= 0.3 is 5.97 Å². The van der Waals surface area contributed by atoms with Gasteiger partial charge in [-0.05, 0) is 67.3 Å². The molecule has 2 aliphatic heterocycles. The molecule has 0 saturated carbocycles. The Morgan fingerprint density at radius 3 is 2.32 bits per heavy atom. The summed E-state index contributed by atoms with van der Waals surface area (Å²) in [6, 6.07) is 15.4. The number of methoxy groups -OCH3 is 2. The van der Waals surface area contributed by atoms with E-state index in [0.717, 1.165) is 22.6 Å². The lowest BCUT2D eigenvalue weighted by molar-refractivity contribution is -0.149. The number of hydrogen-bond acceptors (Lipinski definition) is 9. The Kier molecular flexibility index (Phi) is 8.98. The average Bonchev–Trinajstić information content (AvgIpc) is 3.66. The zero-order valence-corrected chi connectivity index (χ0v) is 23.7. The summed E-state index contributed by atoms with van der Waals surface area (Å²) in [7, 11) is 3.23. The van der Waals surface area contributed by atoms with Gasteiger partial charge in [0, 0.05) is 26.2 Å². The van der Waals surface area contributed by atoms with Crippen molar-refractivity contribution in [2.24, 2.45) is 5.92 Å². The maximum absolute atomic E-state index is 13.2. The Bertz CT molecular complexity index is 1360. The predicted octanol–water partition coefficient (Wildman–Crippen LogP) is 4.64. The van der Waals surface area contributed by atoms with Crippen LogP contribution in [-0.4, -0.2) is 62.4 Å². The van der Waals surface area contributed by atoms with Crippen molar-refractivity contribution in [2.75, 3.05) is 40.7 Å². The van der Waals surface area contributed by atoms with E-state index < -0.39 is 0 Å². The first-order valence-corrected chi connectivity index (χ1v) is 13.8. The van der Waals surface area contributed by atoms with Crippen LogP contribution in [0.5, 0.6) is 23.0 Å². The largest absolute Gasteiger partial charge is 0.493 e. The van der Waals surface area contributed by atoms with Gasteiger partial charge in [-0.1, -0.05) is 12.1 Å². The minimum atomic E-state index is -0.183. The van der Waals surface area contributed by atoms with Crippen LogP contribution in [0.3, 0.4) is 0 Å². The van der Waals surface area contributed by atoms with Gasteiger partial charge in [0.2, 0.25) is 6.79 Å². The minimum Gasteiger partial charge on any atom is -0.493 e. The van der Waals surface area contributed by atoms with E-state index in [0.29, 0.717) is 75.2 Å². The molecule has 0 bridgehead atoms. The molecule has 10 nitrogen and oxygen atoms in total. The standard InChI is InChI=1S/C31H36N2O8/c1-4-38-31(35)23-11-13-33(14-12-23)30(34)27-10-7-24(41-27)19-32(17-21-5-8-25(36-2)28(15-21)37-3)18-22-6-9-26-29(16-22)40-20-39-26/h5-10,15-16,23H,4,11-14,17-20H2,1-3H3. The van der Waals surface area contributed by atoms with E-state index in [1.165, 1.54) is 0 Å². The summed E-state index contributed by atoms with van der Waals surface area (Å²) >= 11 is 0. The molecular formula is C31H36N2O8. The number of benzene rings is 2. The van der Waals surface area contributed by atoms with Crippen LogP contribution in [0.25, 0.3) is 0 Å². The van der Waals surface area contributed by atoms with Crippen molar-refractivity contribution in [3.8, 4) is 23.0 Å². The van der Waals surface area contributed by atoms with Crippen LogP contribution in [0.4, 0.5) is 0 Å². The first kappa shape index (κ1) is 28.4. The van der Waals surface area contributed by atoms with Crippen molar-refractivity contribution < 1.29 is 37.7 Å². The second-order valence-electron chi connectivity index (χ2n) is 10.1. The molecule has 0 unspecified atom stereocenters. The van der Waals surface area contributed by atoms with E-state index in [9.17, 15) is 9.59 Å². The predicted molar refractivity (Wildman–Crippen MR) is 149 cm³/mol. The molecule has 2 aromatic carbocycles. The lowest BCUT2D eigenvalue weighted by Gasteiger charge is -2.30. The van der Waals surface area contributed by atoms with Gasteiger partial charge in [0.05, 0.1) is 33.3 Å². The monoisotopic (exact) mass is 564 g/mol. The fourth-order valence-corrected chi connectivity index (χ4v) is 5.23. The smallest absolute Gasteiger partial charge is 0.309 e. The van der Waals surface area contributed by atoms with Crippen molar-refractivity contribution in [2.45, 2.75) is 39.4 Å². The molecular weight excluding hydrogens is 528 g/mol. The topological polar surface area (TPSA) is 99.9 Å². The van der Waals surface area contributed by atoms with Gasteiger partial charge < -0.3 is 33.0 Å². The van der Waals surface area contributed by atoms with E-state index >= 15 is 0 Å². The third-order valence-electron chi connectivity index (χ3n) is 7.35. The molecule has 1 fully saturated rings. The van der Waals surface area contributed by atoms with E-state index in [-0.39, 0.29) is 24.6 Å². The number of carbonyl (C=O) groups is 2. The number of ether oxygens (including phenoxy) is 5. The van der Waals surface area contributed by atoms with Gasteiger partial charge in [-0.25, -0.2) is 0 Å². The van der Waals surface area contributed by atoms with Gasteiger partial charge in [-0.2, -0.15) is 0 Å². The maximum Gasteiger partial charge on any atom is 0.309 e. The lowest BCUT2D eigenvalue weighted by Crippen LogP contribution is -2.40. The molecule has 41 heavy (non-hydrogen) atoms. The van der Waals surface area contributed by atoms with Crippen molar-refractivity contribution >= 4 is 11.9 Å². The van der Waals surface area contributed by atoms with Crippen LogP contribution >= 0.6 is 0 Å². The highest BCUT2D eigenvalue weighted by atomic mass is 16.7. The molecule has 0 aliphatic carbocycles. The molecule has 2 aliphatic rings. The number of furan rings is 1. The molecule has 1 saturated heterocycles. The highest BCUT2D eigenvalue weighted by Gasteiger charge is 2.30. The third-order valence-corrected chi connectivity index (χ3v) is 7.35. The number of hydrogen-bond donors (Lipinski definition) is 0. The molecule has 0 N–H and O–H groups in total. The Hall–Kier alpha value is -4.18. The van der Waals surface area contributed by atoms with Crippen LogP contribution in [0, 0.1) is 5.92 Å². The number of esters is 1. The molecule has 0 atom stereocenters. The number of rotatable bonds is 11. The maximum atomic E-state index is 13.2. The number of piperidine rings is 1. The Morgan fingerprint density at radius 1 is 0.878 bits per heavy atom. The summed E-state index contributed by atoms with van der Waals surface area (Å²) in [4.78, 5) is 29.2. The zero-order chi connectivity index (χ0) is 28.8. The van der Waals surface area contributed by atoms with Crippen LogP contribution in [-0.2, 0) is 29.2 Å². The number of amides is 1. The molecule has 10 heteroatoms. The summed E-state index contributed by atoms with van der Waals surface area (Å²) in [5.41, 5.74) is 2.10. The van der Waals surface area contributed by atoms with Crippen molar-refractivity contribution in [1.29, 1.82) is 0 Å². The molecule has 5 rings (SSSR count). The average molecular weight is 565 g/mol. The van der Waals surface area contributed by atoms with Crippen molar-refractivity contribution in [1.82, 2.24) is 9.80 Å². The second-order valence-corrected chi connectivity index (χ2v) is 10.1. The van der Waals surface area contributed by atoms with Gasteiger partial charge in [0.15, 0.2) is 28.8 Å². The Balaban J connectivity index is 1.29. The molecule has 1 aromatic heterocycles. The second kappa shape index (κ2) is 13.0. The summed E-state index contributed by atoms with van der Waals surface area (Å²) < 4.78 is 33.1. The minimum absolute atomic E-state index is 0.160. The van der Waals surface area contributed by atoms with E-state index in [1.807, 2.05) is 42.5 Å². The molecule has 218 valence electrons. The van der Waals surface area contributed by atoms with Crippen LogP contribution in [0.15, 0.2) is 52.9 Å².